The van der Waals surface area contributed by atoms with Crippen LogP contribution < -0.4 is 0 Å². The van der Waals surface area contributed by atoms with Crippen molar-refractivity contribution in [3.8, 4) is 0 Å². The van der Waals surface area contributed by atoms with Crippen molar-refractivity contribution in [3.05, 3.63) is 12.2 Å². The number of carbonyl (C=O) groups is 3. The van der Waals surface area contributed by atoms with Gasteiger partial charge in [0.05, 0.1) is 6.61 Å². The van der Waals surface area contributed by atoms with Crippen molar-refractivity contribution >= 4 is 17.5 Å². The maximum Gasteiger partial charge on any atom is 0.330 e. The lowest BCUT2D eigenvalue weighted by atomic mass is 10.0. The number of Topliss-reactive ketones (excluding diaryl/α,β-unsaturated/α-hetero) is 1. The fraction of sp³-hybridized carbons (Fsp3) is 0.722. The molecule has 0 aromatic heterocycles. The second kappa shape index (κ2) is 14.5. The zero-order chi connectivity index (χ0) is 16.6. The highest BCUT2D eigenvalue weighted by atomic mass is 16.5. The summed E-state index contributed by atoms with van der Waals surface area (Å²) in [6.07, 6.45) is 12.8. The number of unbranched alkanes of at least 4 members (excludes halogenated alkanes) is 8. The van der Waals surface area contributed by atoms with Crippen LogP contribution in [-0.4, -0.2) is 24.1 Å². The molecular formula is C18H30O4. The Balaban J connectivity index is 3.60. The fourth-order valence-electron chi connectivity index (χ4n) is 2.15. The van der Waals surface area contributed by atoms with Crippen molar-refractivity contribution in [2.75, 3.05) is 6.61 Å². The number of carbonyl (C=O) groups excluding carboxylic acids is 3. The molecule has 0 saturated carbocycles. The fourth-order valence-corrected chi connectivity index (χ4v) is 2.15. The lowest BCUT2D eigenvalue weighted by molar-refractivity contribution is -0.137. The Hall–Kier alpha value is -1.45. The van der Waals surface area contributed by atoms with Gasteiger partial charge >= 0.3 is 5.97 Å². The van der Waals surface area contributed by atoms with E-state index in [1.165, 1.54) is 38.5 Å². The second-order valence-electron chi connectivity index (χ2n) is 5.45. The molecule has 0 saturated heterocycles. The van der Waals surface area contributed by atoms with Crippen LogP contribution in [0.1, 0.15) is 78.1 Å². The third kappa shape index (κ3) is 12.3. The molecule has 0 N–H and O–H groups in total. The van der Waals surface area contributed by atoms with Crippen LogP contribution >= 0.6 is 0 Å². The van der Waals surface area contributed by atoms with E-state index >= 15 is 0 Å². The predicted octanol–water partition coefficient (Wildman–Crippen LogP) is 4.16. The van der Waals surface area contributed by atoms with E-state index in [4.69, 9.17) is 0 Å². The van der Waals surface area contributed by atoms with E-state index in [-0.39, 0.29) is 13.0 Å². The standard InChI is InChI=1S/C18H30O4/c1-3-5-6-7-8-9-10-11-12-13-16(19)17(20)14-15-18(21)22-4-2/h14-15H,3-13H2,1-2H3. The Kier molecular flexibility index (Phi) is 13.5. The molecule has 4 nitrogen and oxygen atoms in total. The Labute approximate surface area is 134 Å². The summed E-state index contributed by atoms with van der Waals surface area (Å²) in [4.78, 5) is 34.1. The van der Waals surface area contributed by atoms with E-state index in [0.29, 0.717) is 0 Å². The van der Waals surface area contributed by atoms with E-state index in [1.54, 1.807) is 6.92 Å². The number of rotatable bonds is 14. The predicted molar refractivity (Wildman–Crippen MR) is 87.6 cm³/mol. The van der Waals surface area contributed by atoms with Crippen molar-refractivity contribution < 1.29 is 19.1 Å². The molecule has 0 aliphatic rings. The lowest BCUT2D eigenvalue weighted by Crippen LogP contribution is -2.11. The van der Waals surface area contributed by atoms with Gasteiger partial charge in [0.2, 0.25) is 11.6 Å². The minimum absolute atomic E-state index is 0.254. The first kappa shape index (κ1) is 20.6. The summed E-state index contributed by atoms with van der Waals surface area (Å²) in [6, 6.07) is 0. The van der Waals surface area contributed by atoms with Gasteiger partial charge in [-0.25, -0.2) is 4.79 Å². The first-order valence-corrected chi connectivity index (χ1v) is 8.53. The van der Waals surface area contributed by atoms with E-state index in [1.807, 2.05) is 0 Å². The minimum Gasteiger partial charge on any atom is -0.463 e. The number of esters is 1. The molecule has 0 aliphatic heterocycles. The van der Waals surface area contributed by atoms with E-state index in [9.17, 15) is 14.4 Å². The minimum atomic E-state index is -0.618. The quantitative estimate of drug-likeness (QED) is 0.209. The van der Waals surface area contributed by atoms with E-state index in [2.05, 4.69) is 11.7 Å². The average molecular weight is 310 g/mol. The lowest BCUT2D eigenvalue weighted by Gasteiger charge is -2.01. The summed E-state index contributed by atoms with van der Waals surface area (Å²) in [7, 11) is 0. The third-order valence-electron chi connectivity index (χ3n) is 3.44. The summed E-state index contributed by atoms with van der Waals surface area (Å²) in [5.41, 5.74) is 0. The van der Waals surface area contributed by atoms with Crippen LogP contribution in [0.15, 0.2) is 12.2 Å². The molecule has 4 heteroatoms. The number of allylic oxidation sites excluding steroid dienone is 1. The van der Waals surface area contributed by atoms with Crippen LogP contribution in [0.2, 0.25) is 0 Å². The molecule has 0 unspecified atom stereocenters. The van der Waals surface area contributed by atoms with Crippen LogP contribution in [0, 0.1) is 0 Å². The monoisotopic (exact) mass is 310 g/mol. The Bertz CT molecular complexity index is 358. The largest absolute Gasteiger partial charge is 0.463 e. The van der Waals surface area contributed by atoms with E-state index in [0.717, 1.165) is 31.4 Å². The maximum absolute atomic E-state index is 11.6. The zero-order valence-electron chi connectivity index (χ0n) is 14.1. The molecular weight excluding hydrogens is 280 g/mol. The average Bonchev–Trinajstić information content (AvgIpc) is 2.51. The van der Waals surface area contributed by atoms with Crippen LogP contribution in [0.25, 0.3) is 0 Å². The van der Waals surface area contributed by atoms with Crippen LogP contribution in [0.4, 0.5) is 0 Å². The summed E-state index contributed by atoms with van der Waals surface area (Å²) >= 11 is 0. The van der Waals surface area contributed by atoms with Gasteiger partial charge in [-0.1, -0.05) is 58.3 Å². The molecule has 0 aliphatic carbocycles. The molecule has 0 bridgehead atoms. The molecule has 0 rings (SSSR count). The molecule has 0 amide bonds. The van der Waals surface area contributed by atoms with Gasteiger partial charge < -0.3 is 4.74 Å². The smallest absolute Gasteiger partial charge is 0.330 e. The molecule has 0 radical (unpaired) electrons. The molecule has 0 spiro atoms. The highest BCUT2D eigenvalue weighted by molar-refractivity contribution is 6.41. The van der Waals surface area contributed by atoms with Gasteiger partial charge in [-0.05, 0) is 19.4 Å². The zero-order valence-corrected chi connectivity index (χ0v) is 14.1. The second-order valence-corrected chi connectivity index (χ2v) is 5.45. The van der Waals surface area contributed by atoms with Gasteiger partial charge in [0.15, 0.2) is 0 Å². The third-order valence-corrected chi connectivity index (χ3v) is 3.44. The van der Waals surface area contributed by atoms with Gasteiger partial charge in [-0.3, -0.25) is 9.59 Å². The van der Waals surface area contributed by atoms with Crippen molar-refractivity contribution in [1.82, 2.24) is 0 Å². The Morgan fingerprint density at radius 2 is 1.32 bits per heavy atom. The molecule has 126 valence electrons. The summed E-state index contributed by atoms with van der Waals surface area (Å²) in [5.74, 6) is -1.64. The molecule has 0 aromatic carbocycles. The first-order chi connectivity index (χ1) is 10.6. The van der Waals surface area contributed by atoms with Gasteiger partial charge in [0.25, 0.3) is 0 Å². The van der Waals surface area contributed by atoms with Gasteiger partial charge in [-0.15, -0.1) is 0 Å². The SMILES string of the molecule is CCCCCCCCCCCC(=O)C(=O)C=CC(=O)OCC. The Morgan fingerprint density at radius 1 is 0.773 bits per heavy atom. The Morgan fingerprint density at radius 3 is 1.86 bits per heavy atom. The van der Waals surface area contributed by atoms with Gasteiger partial charge in [0.1, 0.15) is 0 Å². The summed E-state index contributed by atoms with van der Waals surface area (Å²) in [5, 5.41) is 0. The highest BCUT2D eigenvalue weighted by Gasteiger charge is 2.10. The van der Waals surface area contributed by atoms with Crippen molar-refractivity contribution in [1.29, 1.82) is 0 Å². The first-order valence-electron chi connectivity index (χ1n) is 8.53. The van der Waals surface area contributed by atoms with Crippen molar-refractivity contribution in [2.45, 2.75) is 78.1 Å². The molecule has 0 aromatic rings. The van der Waals surface area contributed by atoms with Crippen molar-refractivity contribution in [2.24, 2.45) is 0 Å². The summed E-state index contributed by atoms with van der Waals surface area (Å²) < 4.78 is 4.64. The van der Waals surface area contributed by atoms with Crippen molar-refractivity contribution in [3.63, 3.8) is 0 Å². The van der Waals surface area contributed by atoms with Crippen LogP contribution in [0.5, 0.6) is 0 Å². The number of hydrogen-bond donors (Lipinski definition) is 0. The summed E-state index contributed by atoms with van der Waals surface area (Å²) in [6.45, 7) is 4.15. The van der Waals surface area contributed by atoms with Crippen LogP contribution in [-0.2, 0) is 19.1 Å². The van der Waals surface area contributed by atoms with Gasteiger partial charge in [0, 0.05) is 12.5 Å². The van der Waals surface area contributed by atoms with E-state index < -0.39 is 17.5 Å². The molecule has 0 heterocycles. The number of ketones is 2. The molecule has 0 fully saturated rings. The topological polar surface area (TPSA) is 60.4 Å². The number of hydrogen-bond acceptors (Lipinski definition) is 4. The highest BCUT2D eigenvalue weighted by Crippen LogP contribution is 2.10. The van der Waals surface area contributed by atoms with Gasteiger partial charge in [-0.2, -0.15) is 0 Å². The molecule has 0 atom stereocenters. The number of ether oxygens (including phenoxy) is 1. The maximum atomic E-state index is 11.6. The molecule has 22 heavy (non-hydrogen) atoms. The normalized spacial score (nSPS) is 10.8. The van der Waals surface area contributed by atoms with Crippen LogP contribution in [0.3, 0.4) is 0 Å².